The quantitative estimate of drug-likeness (QED) is 0.741. The Labute approximate surface area is 98.0 Å². The molecule has 4 nitrogen and oxygen atoms in total. The number of hydrogen-bond acceptors (Lipinski definition) is 3. The van der Waals surface area contributed by atoms with E-state index in [0.29, 0.717) is 12.0 Å². The third kappa shape index (κ3) is 4.94. The molecular weight excluding hydrogens is 204 g/mol. The average molecular weight is 228 g/mol. The van der Waals surface area contributed by atoms with Crippen molar-refractivity contribution in [1.29, 1.82) is 0 Å². The second-order valence-electron chi connectivity index (χ2n) is 5.03. The van der Waals surface area contributed by atoms with Gasteiger partial charge in [-0.2, -0.15) is 0 Å². The van der Waals surface area contributed by atoms with Crippen molar-refractivity contribution >= 4 is 5.97 Å². The zero-order chi connectivity index (χ0) is 12.0. The van der Waals surface area contributed by atoms with E-state index in [0.717, 1.165) is 39.0 Å². The lowest BCUT2D eigenvalue weighted by Crippen LogP contribution is -2.41. The SMILES string of the molecule is CC(C)CN1CCCNCC1CCC(=O)O. The first kappa shape index (κ1) is 13.5. The zero-order valence-corrected chi connectivity index (χ0v) is 10.4. The monoisotopic (exact) mass is 228 g/mol. The van der Waals surface area contributed by atoms with Crippen LogP contribution in [0.1, 0.15) is 33.1 Å². The van der Waals surface area contributed by atoms with Gasteiger partial charge in [-0.15, -0.1) is 0 Å². The van der Waals surface area contributed by atoms with Gasteiger partial charge in [-0.3, -0.25) is 9.69 Å². The summed E-state index contributed by atoms with van der Waals surface area (Å²) in [6, 6.07) is 0.390. The molecule has 1 aliphatic rings. The summed E-state index contributed by atoms with van der Waals surface area (Å²) in [6.07, 6.45) is 2.20. The van der Waals surface area contributed by atoms with Gasteiger partial charge in [-0.1, -0.05) is 13.8 Å². The summed E-state index contributed by atoms with van der Waals surface area (Å²) >= 11 is 0. The van der Waals surface area contributed by atoms with Crippen LogP contribution in [0.3, 0.4) is 0 Å². The van der Waals surface area contributed by atoms with Crippen LogP contribution in [0.4, 0.5) is 0 Å². The second kappa shape index (κ2) is 6.86. The predicted octanol–water partition coefficient (Wildman–Crippen LogP) is 1.17. The minimum atomic E-state index is -0.686. The van der Waals surface area contributed by atoms with Crippen molar-refractivity contribution in [3.05, 3.63) is 0 Å². The lowest BCUT2D eigenvalue weighted by molar-refractivity contribution is -0.137. The number of nitrogens with one attached hydrogen (secondary N) is 1. The Morgan fingerprint density at radius 1 is 1.56 bits per heavy atom. The average Bonchev–Trinajstić information content (AvgIpc) is 2.39. The number of nitrogens with zero attached hydrogens (tertiary/aromatic N) is 1. The number of rotatable bonds is 5. The molecule has 1 heterocycles. The Morgan fingerprint density at radius 2 is 2.31 bits per heavy atom. The van der Waals surface area contributed by atoms with Gasteiger partial charge < -0.3 is 10.4 Å². The second-order valence-corrected chi connectivity index (χ2v) is 5.03. The van der Waals surface area contributed by atoms with Crippen LogP contribution in [-0.4, -0.2) is 48.2 Å². The Balaban J connectivity index is 2.47. The van der Waals surface area contributed by atoms with E-state index in [2.05, 4.69) is 24.1 Å². The van der Waals surface area contributed by atoms with Gasteiger partial charge in [0.1, 0.15) is 0 Å². The third-order valence-corrected chi connectivity index (χ3v) is 2.99. The number of carboxylic acid groups (broad SMARTS) is 1. The summed E-state index contributed by atoms with van der Waals surface area (Å²) < 4.78 is 0. The number of aliphatic carboxylic acids is 1. The molecule has 0 spiro atoms. The van der Waals surface area contributed by atoms with Gasteiger partial charge in [0.25, 0.3) is 0 Å². The predicted molar refractivity (Wildman–Crippen MR) is 64.6 cm³/mol. The van der Waals surface area contributed by atoms with Gasteiger partial charge in [0.2, 0.25) is 0 Å². The van der Waals surface area contributed by atoms with Gasteiger partial charge in [0, 0.05) is 25.6 Å². The molecule has 0 bridgehead atoms. The summed E-state index contributed by atoms with van der Waals surface area (Å²) in [5.74, 6) is -0.0424. The Hall–Kier alpha value is -0.610. The fraction of sp³-hybridized carbons (Fsp3) is 0.917. The molecule has 94 valence electrons. The Bertz CT molecular complexity index is 219. The van der Waals surface area contributed by atoms with Gasteiger partial charge in [0.15, 0.2) is 0 Å². The molecule has 1 unspecified atom stereocenters. The lowest BCUT2D eigenvalue weighted by Gasteiger charge is -2.30. The largest absolute Gasteiger partial charge is 0.481 e. The summed E-state index contributed by atoms with van der Waals surface area (Å²) in [4.78, 5) is 13.1. The van der Waals surface area contributed by atoms with Crippen molar-refractivity contribution in [2.75, 3.05) is 26.2 Å². The highest BCUT2D eigenvalue weighted by atomic mass is 16.4. The first-order valence-electron chi connectivity index (χ1n) is 6.26. The van der Waals surface area contributed by atoms with E-state index in [1.165, 1.54) is 0 Å². The van der Waals surface area contributed by atoms with Gasteiger partial charge >= 0.3 is 5.97 Å². The maximum Gasteiger partial charge on any atom is 0.303 e. The normalized spacial score (nSPS) is 23.3. The van der Waals surface area contributed by atoms with E-state index < -0.39 is 5.97 Å². The highest BCUT2D eigenvalue weighted by Gasteiger charge is 2.21. The molecule has 1 fully saturated rings. The summed E-state index contributed by atoms with van der Waals surface area (Å²) in [6.45, 7) is 8.58. The molecule has 0 amide bonds. The van der Waals surface area contributed by atoms with Gasteiger partial charge in [-0.05, 0) is 31.8 Å². The van der Waals surface area contributed by atoms with Crippen LogP contribution < -0.4 is 5.32 Å². The van der Waals surface area contributed by atoms with Crippen LogP contribution in [0.5, 0.6) is 0 Å². The molecule has 0 saturated carbocycles. The Morgan fingerprint density at radius 3 is 2.94 bits per heavy atom. The summed E-state index contributed by atoms with van der Waals surface area (Å²) in [7, 11) is 0. The molecule has 1 aliphatic heterocycles. The van der Waals surface area contributed by atoms with Crippen molar-refractivity contribution in [2.24, 2.45) is 5.92 Å². The van der Waals surface area contributed by atoms with Crippen LogP contribution in [0, 0.1) is 5.92 Å². The van der Waals surface area contributed by atoms with Crippen LogP contribution >= 0.6 is 0 Å². The molecule has 0 aliphatic carbocycles. The van der Waals surface area contributed by atoms with Crippen LogP contribution in [-0.2, 0) is 4.79 Å². The standard InChI is InChI=1S/C12H24N2O2/c1-10(2)9-14-7-3-6-13-8-11(14)4-5-12(15)16/h10-11,13H,3-9H2,1-2H3,(H,15,16). The molecule has 4 heteroatoms. The molecule has 0 aromatic carbocycles. The molecule has 1 rings (SSSR count). The minimum absolute atomic E-state index is 0.279. The number of carboxylic acids is 1. The molecular formula is C12H24N2O2. The van der Waals surface area contributed by atoms with Gasteiger partial charge in [0.05, 0.1) is 0 Å². The third-order valence-electron chi connectivity index (χ3n) is 2.99. The summed E-state index contributed by atoms with van der Waals surface area (Å²) in [5, 5.41) is 12.1. The van der Waals surface area contributed by atoms with E-state index in [1.54, 1.807) is 0 Å². The smallest absolute Gasteiger partial charge is 0.303 e. The maximum atomic E-state index is 10.6. The fourth-order valence-corrected chi connectivity index (χ4v) is 2.27. The molecule has 0 radical (unpaired) electrons. The fourth-order valence-electron chi connectivity index (χ4n) is 2.27. The van der Waals surface area contributed by atoms with Crippen molar-refractivity contribution in [3.63, 3.8) is 0 Å². The molecule has 0 aromatic rings. The lowest BCUT2D eigenvalue weighted by atomic mass is 10.1. The van der Waals surface area contributed by atoms with Gasteiger partial charge in [-0.25, -0.2) is 0 Å². The van der Waals surface area contributed by atoms with E-state index in [4.69, 9.17) is 5.11 Å². The van der Waals surface area contributed by atoms with Crippen LogP contribution in [0.15, 0.2) is 0 Å². The Kier molecular flexibility index (Phi) is 5.77. The summed E-state index contributed by atoms with van der Waals surface area (Å²) in [5.41, 5.74) is 0. The van der Waals surface area contributed by atoms with Crippen molar-refractivity contribution in [3.8, 4) is 0 Å². The van der Waals surface area contributed by atoms with E-state index >= 15 is 0 Å². The highest BCUT2D eigenvalue weighted by molar-refractivity contribution is 5.66. The molecule has 2 N–H and O–H groups in total. The maximum absolute atomic E-state index is 10.6. The van der Waals surface area contributed by atoms with E-state index in [-0.39, 0.29) is 6.42 Å². The minimum Gasteiger partial charge on any atom is -0.481 e. The van der Waals surface area contributed by atoms with Crippen molar-refractivity contribution < 1.29 is 9.90 Å². The number of carbonyl (C=O) groups is 1. The van der Waals surface area contributed by atoms with E-state index in [9.17, 15) is 4.79 Å². The topological polar surface area (TPSA) is 52.6 Å². The van der Waals surface area contributed by atoms with Crippen molar-refractivity contribution in [1.82, 2.24) is 10.2 Å². The van der Waals surface area contributed by atoms with Crippen LogP contribution in [0.2, 0.25) is 0 Å². The van der Waals surface area contributed by atoms with Crippen molar-refractivity contribution in [2.45, 2.75) is 39.2 Å². The molecule has 1 atom stereocenters. The molecule has 0 aromatic heterocycles. The zero-order valence-electron chi connectivity index (χ0n) is 10.4. The number of hydrogen-bond donors (Lipinski definition) is 2. The first-order chi connectivity index (χ1) is 7.59. The van der Waals surface area contributed by atoms with Crippen LogP contribution in [0.25, 0.3) is 0 Å². The molecule has 16 heavy (non-hydrogen) atoms. The molecule has 1 saturated heterocycles. The van der Waals surface area contributed by atoms with E-state index in [1.807, 2.05) is 0 Å². The highest BCUT2D eigenvalue weighted by Crippen LogP contribution is 2.12. The first-order valence-corrected chi connectivity index (χ1v) is 6.26.